The molecule has 2 atom stereocenters. The van der Waals surface area contributed by atoms with E-state index in [1.807, 2.05) is 25.1 Å². The fraction of sp³-hybridized carbons (Fsp3) is 0.304. The second kappa shape index (κ2) is 8.97. The second-order valence-electron chi connectivity index (χ2n) is 8.03. The van der Waals surface area contributed by atoms with Crippen molar-refractivity contribution in [3.8, 4) is 0 Å². The van der Waals surface area contributed by atoms with Crippen LogP contribution in [0.4, 0.5) is 0 Å². The van der Waals surface area contributed by atoms with Gasteiger partial charge in [0.2, 0.25) is 0 Å². The van der Waals surface area contributed by atoms with E-state index >= 15 is 0 Å². The van der Waals surface area contributed by atoms with Crippen LogP contribution in [0.1, 0.15) is 40.1 Å². The third-order valence-electron chi connectivity index (χ3n) is 5.79. The van der Waals surface area contributed by atoms with E-state index in [1.165, 1.54) is 17.0 Å². The van der Waals surface area contributed by atoms with Gasteiger partial charge < -0.3 is 10.0 Å². The van der Waals surface area contributed by atoms with Crippen molar-refractivity contribution in [1.29, 1.82) is 0 Å². The number of halogens is 1. The van der Waals surface area contributed by atoms with Crippen LogP contribution in [0.2, 0.25) is 5.15 Å². The van der Waals surface area contributed by atoms with Crippen molar-refractivity contribution in [2.45, 2.75) is 32.5 Å². The maximum Gasteiger partial charge on any atom is 0.377 e. The number of Topliss-reactive ketones (excluding diaryl/α,β-unsaturated/α-hetero) is 1. The van der Waals surface area contributed by atoms with Gasteiger partial charge in [-0.3, -0.25) is 14.5 Å². The number of hydrogen-bond donors (Lipinski definition) is 1. The molecular formula is C23H22ClN3O4S. The number of fused-ring (bicyclic) bond motifs is 1. The van der Waals surface area contributed by atoms with E-state index in [0.29, 0.717) is 23.3 Å². The Kier molecular flexibility index (Phi) is 6.28. The molecule has 166 valence electrons. The molecule has 1 aliphatic rings. The minimum absolute atomic E-state index is 0.0183. The third kappa shape index (κ3) is 4.26. The number of benzene rings is 1. The predicted molar refractivity (Wildman–Crippen MR) is 123 cm³/mol. The normalized spacial score (nSPS) is 19.3. The second-order valence-corrected chi connectivity index (χ2v) is 9.25. The molecule has 1 aliphatic heterocycles. The predicted octanol–water partition coefficient (Wildman–Crippen LogP) is 3.95. The van der Waals surface area contributed by atoms with Crippen LogP contribution in [0.25, 0.3) is 10.2 Å². The zero-order chi connectivity index (χ0) is 23.0. The number of carboxylic acids is 1. The van der Waals surface area contributed by atoms with Crippen LogP contribution in [0.15, 0.2) is 41.8 Å². The lowest BCUT2D eigenvalue weighted by Crippen LogP contribution is -2.57. The molecule has 7 nitrogen and oxygen atoms in total. The Morgan fingerprint density at radius 3 is 2.53 bits per heavy atom. The molecule has 3 aromatic rings. The first-order valence-corrected chi connectivity index (χ1v) is 11.5. The molecule has 3 heterocycles. The van der Waals surface area contributed by atoms with Gasteiger partial charge in [-0.25, -0.2) is 9.78 Å². The number of carbonyl (C=O) groups is 3. The summed E-state index contributed by atoms with van der Waals surface area (Å²) >= 11 is 7.45. The van der Waals surface area contributed by atoms with Gasteiger partial charge in [0.05, 0.1) is 5.56 Å². The summed E-state index contributed by atoms with van der Waals surface area (Å²) in [5, 5.41) is 10.9. The number of ketones is 1. The Morgan fingerprint density at radius 1 is 1.12 bits per heavy atom. The Hall–Kier alpha value is -2.81. The topological polar surface area (TPSA) is 90.8 Å². The van der Waals surface area contributed by atoms with Crippen LogP contribution < -0.4 is 0 Å². The van der Waals surface area contributed by atoms with Gasteiger partial charge >= 0.3 is 5.97 Å². The highest BCUT2D eigenvalue weighted by atomic mass is 35.5. The van der Waals surface area contributed by atoms with E-state index < -0.39 is 11.8 Å². The van der Waals surface area contributed by atoms with Gasteiger partial charge in [0, 0.05) is 48.0 Å². The Bertz CT molecular complexity index is 1200. The molecule has 1 amide bonds. The van der Waals surface area contributed by atoms with E-state index in [0.717, 1.165) is 17.9 Å². The van der Waals surface area contributed by atoms with Crippen LogP contribution in [-0.2, 0) is 11.3 Å². The summed E-state index contributed by atoms with van der Waals surface area (Å²) in [7, 11) is 0. The number of rotatable bonds is 5. The van der Waals surface area contributed by atoms with Crippen molar-refractivity contribution in [2.24, 2.45) is 0 Å². The van der Waals surface area contributed by atoms with Crippen molar-refractivity contribution in [3.63, 3.8) is 0 Å². The molecular weight excluding hydrogens is 450 g/mol. The minimum Gasteiger partial charge on any atom is -0.475 e. The highest BCUT2D eigenvalue weighted by molar-refractivity contribution is 7.17. The van der Waals surface area contributed by atoms with Crippen molar-refractivity contribution in [3.05, 3.63) is 63.6 Å². The fourth-order valence-corrected chi connectivity index (χ4v) is 5.22. The van der Waals surface area contributed by atoms with Crippen LogP contribution in [0, 0.1) is 0 Å². The molecule has 0 bridgehead atoms. The van der Waals surface area contributed by atoms with Gasteiger partial charge in [-0.15, -0.1) is 11.3 Å². The van der Waals surface area contributed by atoms with Crippen molar-refractivity contribution in [1.82, 2.24) is 14.8 Å². The summed E-state index contributed by atoms with van der Waals surface area (Å²) in [6, 6.07) is 11.8. The van der Waals surface area contributed by atoms with Crippen molar-refractivity contribution < 1.29 is 19.5 Å². The van der Waals surface area contributed by atoms with Gasteiger partial charge in [-0.05, 0) is 25.5 Å². The number of piperazine rings is 1. The maximum atomic E-state index is 13.4. The number of aromatic nitrogens is 1. The summed E-state index contributed by atoms with van der Waals surface area (Å²) in [5.74, 6) is -2.86. The first-order chi connectivity index (χ1) is 15.3. The first-order valence-electron chi connectivity index (χ1n) is 10.2. The molecule has 9 heteroatoms. The molecule has 0 spiro atoms. The van der Waals surface area contributed by atoms with Crippen LogP contribution >= 0.6 is 22.9 Å². The van der Waals surface area contributed by atoms with Gasteiger partial charge in [0.15, 0.2) is 0 Å². The first kappa shape index (κ1) is 22.4. The number of nitrogens with zero attached hydrogens (tertiary/aromatic N) is 3. The molecule has 4 rings (SSSR count). The average Bonchev–Trinajstić information content (AvgIpc) is 3.17. The standard InChI is InChI=1S/C23H22ClN3O4S/c1-13-10-27(14(2)9-26(13)11-15-6-4-3-5-7-15)22(29)17-8-16-18(19(28)23(30)31)12-32-21(16)25-20(17)24/h3-8,12-14H,9-11H2,1-2H3,(H,30,31)/t13-,14+/m0/s1. The molecule has 0 unspecified atom stereocenters. The molecule has 1 fully saturated rings. The van der Waals surface area contributed by atoms with Crippen LogP contribution in [-0.4, -0.2) is 62.7 Å². The molecule has 1 saturated heterocycles. The van der Waals surface area contributed by atoms with E-state index in [4.69, 9.17) is 16.7 Å². The van der Waals surface area contributed by atoms with E-state index in [1.54, 1.807) is 4.90 Å². The number of aliphatic carboxylic acids is 1. The molecule has 1 N–H and O–H groups in total. The lowest BCUT2D eigenvalue weighted by atomic mass is 10.0. The Labute approximate surface area is 194 Å². The van der Waals surface area contributed by atoms with Gasteiger partial charge in [0.25, 0.3) is 11.7 Å². The quantitative estimate of drug-likeness (QED) is 0.344. The lowest BCUT2D eigenvalue weighted by Gasteiger charge is -2.44. The van der Waals surface area contributed by atoms with E-state index in [9.17, 15) is 14.4 Å². The van der Waals surface area contributed by atoms with E-state index in [-0.39, 0.29) is 34.3 Å². The number of hydrogen-bond acceptors (Lipinski definition) is 6. The maximum absolute atomic E-state index is 13.4. The Balaban J connectivity index is 1.59. The third-order valence-corrected chi connectivity index (χ3v) is 6.97. The van der Waals surface area contributed by atoms with Crippen molar-refractivity contribution in [2.75, 3.05) is 13.1 Å². The van der Waals surface area contributed by atoms with Gasteiger partial charge in [-0.2, -0.15) is 0 Å². The van der Waals surface area contributed by atoms with E-state index in [2.05, 4.69) is 28.9 Å². The highest BCUT2D eigenvalue weighted by Crippen LogP contribution is 2.30. The van der Waals surface area contributed by atoms with Gasteiger partial charge in [0.1, 0.15) is 9.98 Å². The molecule has 2 aromatic heterocycles. The summed E-state index contributed by atoms with van der Waals surface area (Å²) in [6.07, 6.45) is 0. The monoisotopic (exact) mass is 471 g/mol. The highest BCUT2D eigenvalue weighted by Gasteiger charge is 2.34. The largest absolute Gasteiger partial charge is 0.475 e. The SMILES string of the molecule is C[C@@H]1CN(Cc2ccccc2)[C@@H](C)CN1C(=O)c1cc2c(C(=O)C(=O)O)csc2nc1Cl. The molecule has 0 saturated carbocycles. The summed E-state index contributed by atoms with van der Waals surface area (Å²) in [6.45, 7) is 6.10. The van der Waals surface area contributed by atoms with Crippen LogP contribution in [0.3, 0.4) is 0 Å². The lowest BCUT2D eigenvalue weighted by molar-refractivity contribution is -0.131. The molecule has 1 aromatic carbocycles. The summed E-state index contributed by atoms with van der Waals surface area (Å²) < 4.78 is 0. The summed E-state index contributed by atoms with van der Waals surface area (Å²) in [5.41, 5.74) is 1.41. The molecule has 0 radical (unpaired) electrons. The van der Waals surface area contributed by atoms with Crippen molar-refractivity contribution >= 4 is 50.8 Å². The number of carbonyl (C=O) groups excluding carboxylic acids is 2. The number of pyridine rings is 1. The minimum atomic E-state index is -1.55. The number of thiophene rings is 1. The Morgan fingerprint density at radius 2 is 1.84 bits per heavy atom. The molecule has 32 heavy (non-hydrogen) atoms. The zero-order valence-electron chi connectivity index (χ0n) is 17.6. The fourth-order valence-electron chi connectivity index (χ4n) is 4.05. The number of amides is 1. The zero-order valence-corrected chi connectivity index (χ0v) is 19.2. The average molecular weight is 472 g/mol. The molecule has 0 aliphatic carbocycles. The summed E-state index contributed by atoms with van der Waals surface area (Å²) in [4.78, 5) is 45.3. The van der Waals surface area contributed by atoms with Gasteiger partial charge in [-0.1, -0.05) is 41.9 Å². The smallest absolute Gasteiger partial charge is 0.377 e. The number of carboxylic acid groups (broad SMARTS) is 1. The van der Waals surface area contributed by atoms with Crippen LogP contribution in [0.5, 0.6) is 0 Å².